The van der Waals surface area contributed by atoms with Gasteiger partial charge in [0.25, 0.3) is 0 Å². The number of allylic oxidation sites excluding steroid dienone is 1. The molecule has 3 fully saturated rings. The molecule has 0 bridgehead atoms. The Morgan fingerprint density at radius 2 is 1.63 bits per heavy atom. The third-order valence-electron chi connectivity index (χ3n) is 10.3. The van der Waals surface area contributed by atoms with Crippen molar-refractivity contribution in [1.29, 1.82) is 0 Å². The van der Waals surface area contributed by atoms with Gasteiger partial charge in [-0.2, -0.15) is 0 Å². The Kier molecular flexibility index (Phi) is 15.0. The first-order chi connectivity index (χ1) is 15.3. The fraction of sp³-hybridized carbons (Fsp3) is 0.926. The second kappa shape index (κ2) is 14.6. The predicted molar refractivity (Wildman–Crippen MR) is 130 cm³/mol. The van der Waals surface area contributed by atoms with Crippen molar-refractivity contribution in [3.8, 4) is 0 Å². The van der Waals surface area contributed by atoms with E-state index < -0.39 is 10.4 Å². The molecule has 35 heavy (non-hydrogen) atoms. The minimum absolute atomic E-state index is 0. The molecular weight excluding hydrogens is 515 g/mol. The molecule has 0 aromatic heterocycles. The van der Waals surface area contributed by atoms with Gasteiger partial charge < -0.3 is 14.2 Å². The quantitative estimate of drug-likeness (QED) is 0.222. The van der Waals surface area contributed by atoms with Gasteiger partial charge in [0, 0.05) is 10.4 Å². The zero-order chi connectivity index (χ0) is 24.6. The summed E-state index contributed by atoms with van der Waals surface area (Å²) in [4.78, 5) is 0. The second-order valence-electron chi connectivity index (χ2n) is 12.6. The summed E-state index contributed by atoms with van der Waals surface area (Å²) < 4.78 is 34.1. The first-order valence-electron chi connectivity index (χ1n) is 13.3. The Bertz CT molecular complexity index is 808. The standard InChI is InChI=1S/C27H46O.2K.H2O4S/c1-18(2)7-6-8-19(3)23-11-12-24-22-10-9-20-17-21(28)13-15-26(20,4)25(22)14-16-27(23,24)5;;;1-5(2,3)4/h9,18-19,21-25,28H,6-8,10-17H2,1-5H3;;;(H2,1,2,3,4)/q;2*+1;/p-2/t19-,21+,22+,23-,24+,25+,26+,27-;;;/m1.../s1. The summed E-state index contributed by atoms with van der Waals surface area (Å²) in [5.74, 6) is 5.46. The van der Waals surface area contributed by atoms with Crippen LogP contribution in [-0.2, 0) is 10.4 Å². The van der Waals surface area contributed by atoms with Gasteiger partial charge in [0.1, 0.15) is 0 Å². The van der Waals surface area contributed by atoms with Crippen LogP contribution in [0.1, 0.15) is 105 Å². The average molecular weight is 561 g/mol. The molecule has 4 aliphatic rings. The van der Waals surface area contributed by atoms with Gasteiger partial charge in [-0.1, -0.05) is 65.5 Å². The van der Waals surface area contributed by atoms with Crippen molar-refractivity contribution >= 4 is 10.4 Å². The number of aliphatic hydroxyl groups is 1. The molecular formula is C27H46K2O5S. The van der Waals surface area contributed by atoms with Crippen LogP contribution in [-0.4, -0.2) is 28.7 Å². The topological polar surface area (TPSA) is 100 Å². The monoisotopic (exact) mass is 560 g/mol. The van der Waals surface area contributed by atoms with Gasteiger partial charge in [0.05, 0.1) is 6.10 Å². The van der Waals surface area contributed by atoms with Gasteiger partial charge in [-0.05, 0) is 97.7 Å². The summed E-state index contributed by atoms with van der Waals surface area (Å²) >= 11 is 0. The molecule has 8 heteroatoms. The molecule has 8 atom stereocenters. The Hall–Kier alpha value is 2.84. The van der Waals surface area contributed by atoms with Crippen LogP contribution < -0.4 is 103 Å². The molecule has 0 radical (unpaired) electrons. The minimum atomic E-state index is -5.17. The van der Waals surface area contributed by atoms with Crippen molar-refractivity contribution in [2.45, 2.75) is 111 Å². The van der Waals surface area contributed by atoms with Crippen LogP contribution in [0.2, 0.25) is 0 Å². The normalized spacial score (nSPS) is 38.9. The third kappa shape index (κ3) is 8.91. The number of aliphatic hydroxyl groups excluding tert-OH is 1. The Morgan fingerprint density at radius 3 is 2.23 bits per heavy atom. The molecule has 3 saturated carbocycles. The van der Waals surface area contributed by atoms with Crippen LogP contribution in [0.3, 0.4) is 0 Å². The number of hydrogen-bond acceptors (Lipinski definition) is 5. The maximum absolute atomic E-state index is 10.2. The van der Waals surface area contributed by atoms with Crippen molar-refractivity contribution in [2.75, 3.05) is 0 Å². The maximum atomic E-state index is 10.2. The fourth-order valence-corrected chi connectivity index (χ4v) is 8.67. The van der Waals surface area contributed by atoms with Gasteiger partial charge in [-0.25, -0.2) is 0 Å². The molecule has 5 nitrogen and oxygen atoms in total. The van der Waals surface area contributed by atoms with E-state index in [-0.39, 0.29) is 109 Å². The molecule has 0 aromatic carbocycles. The molecule has 0 spiro atoms. The van der Waals surface area contributed by atoms with E-state index in [0.29, 0.717) is 10.8 Å². The summed E-state index contributed by atoms with van der Waals surface area (Å²) in [5.41, 5.74) is 2.60. The molecule has 0 heterocycles. The largest absolute Gasteiger partial charge is 1.00 e. The molecule has 0 aromatic rings. The SMILES string of the molecule is CC(C)CCC[C@@H](C)[C@H]1CC[C@H]2[C@@H]3CC=C4C[C@@H](O)CC[C@]4(C)[C@H]3CC[C@]12C.O=S(=O)([O-])[O-].[K+].[K+]. The molecule has 0 saturated heterocycles. The van der Waals surface area contributed by atoms with E-state index >= 15 is 0 Å². The van der Waals surface area contributed by atoms with E-state index in [2.05, 4.69) is 40.7 Å². The van der Waals surface area contributed by atoms with E-state index in [1.165, 1.54) is 57.8 Å². The summed E-state index contributed by atoms with van der Waals surface area (Å²) in [5, 5.41) is 10.2. The first-order valence-corrected chi connectivity index (χ1v) is 14.6. The second-order valence-corrected chi connectivity index (χ2v) is 13.4. The maximum Gasteiger partial charge on any atom is 1.00 e. The smallest absolute Gasteiger partial charge is 0.759 e. The predicted octanol–water partition coefficient (Wildman–Crippen LogP) is 0.0587. The van der Waals surface area contributed by atoms with Gasteiger partial charge in [-0.15, -0.1) is 0 Å². The summed E-state index contributed by atoms with van der Waals surface area (Å²) in [6.07, 6.45) is 17.2. The van der Waals surface area contributed by atoms with E-state index in [1.54, 1.807) is 5.57 Å². The van der Waals surface area contributed by atoms with Crippen LogP contribution in [0.5, 0.6) is 0 Å². The van der Waals surface area contributed by atoms with Gasteiger partial charge >= 0.3 is 103 Å². The van der Waals surface area contributed by atoms with Crippen LogP contribution in [0.15, 0.2) is 11.6 Å². The molecule has 1 N–H and O–H groups in total. The molecule has 0 aliphatic heterocycles. The Balaban J connectivity index is 0.000000798. The summed E-state index contributed by atoms with van der Waals surface area (Å²) in [7, 11) is -5.17. The third-order valence-corrected chi connectivity index (χ3v) is 10.3. The Labute approximate surface area is 300 Å². The molecule has 0 amide bonds. The zero-order valence-electron chi connectivity index (χ0n) is 23.4. The fourth-order valence-electron chi connectivity index (χ4n) is 8.67. The molecule has 4 rings (SSSR count). The Morgan fingerprint density at radius 1 is 1.00 bits per heavy atom. The molecule has 4 aliphatic carbocycles. The van der Waals surface area contributed by atoms with E-state index in [0.717, 1.165) is 48.3 Å². The summed E-state index contributed by atoms with van der Waals surface area (Å²) in [6, 6.07) is 0. The van der Waals surface area contributed by atoms with E-state index in [1.807, 2.05) is 0 Å². The van der Waals surface area contributed by atoms with E-state index in [9.17, 15) is 5.11 Å². The molecule has 192 valence electrons. The summed E-state index contributed by atoms with van der Waals surface area (Å²) in [6.45, 7) is 12.6. The number of hydrogen-bond donors (Lipinski definition) is 1. The van der Waals surface area contributed by atoms with Crippen LogP contribution in [0, 0.1) is 46.3 Å². The van der Waals surface area contributed by atoms with Crippen molar-refractivity contribution in [1.82, 2.24) is 0 Å². The van der Waals surface area contributed by atoms with Crippen LogP contribution in [0.4, 0.5) is 0 Å². The van der Waals surface area contributed by atoms with Crippen LogP contribution in [0.25, 0.3) is 0 Å². The van der Waals surface area contributed by atoms with Crippen molar-refractivity contribution in [3.05, 3.63) is 11.6 Å². The van der Waals surface area contributed by atoms with Crippen molar-refractivity contribution < 1.29 is 125 Å². The van der Waals surface area contributed by atoms with Gasteiger partial charge in [0.2, 0.25) is 0 Å². The van der Waals surface area contributed by atoms with Gasteiger partial charge in [0.15, 0.2) is 0 Å². The number of fused-ring (bicyclic) bond motifs is 5. The zero-order valence-corrected chi connectivity index (χ0v) is 30.4. The van der Waals surface area contributed by atoms with Gasteiger partial charge in [-0.3, -0.25) is 8.42 Å². The number of rotatable bonds is 5. The average Bonchev–Trinajstić information content (AvgIpc) is 3.04. The minimum Gasteiger partial charge on any atom is -0.759 e. The molecule has 0 unspecified atom stereocenters. The van der Waals surface area contributed by atoms with E-state index in [4.69, 9.17) is 17.5 Å². The first kappa shape index (κ1) is 35.9. The van der Waals surface area contributed by atoms with Crippen LogP contribution >= 0.6 is 0 Å². The van der Waals surface area contributed by atoms with Crippen molar-refractivity contribution in [2.24, 2.45) is 46.3 Å². The van der Waals surface area contributed by atoms with Crippen molar-refractivity contribution in [3.63, 3.8) is 0 Å².